The SMILES string of the molecule is CCN(CC)c1nc2ccccc2n2c(C)ncc12. The highest BCUT2D eigenvalue weighted by atomic mass is 15.2. The van der Waals surface area contributed by atoms with E-state index in [0.717, 1.165) is 41.3 Å². The fourth-order valence-electron chi connectivity index (χ4n) is 2.58. The van der Waals surface area contributed by atoms with Crippen LogP contribution in [-0.4, -0.2) is 27.5 Å². The van der Waals surface area contributed by atoms with Crippen molar-refractivity contribution in [2.75, 3.05) is 18.0 Å². The maximum absolute atomic E-state index is 4.82. The van der Waals surface area contributed by atoms with Crippen LogP contribution in [0.3, 0.4) is 0 Å². The predicted octanol–water partition coefficient (Wildman–Crippen LogP) is 3.04. The van der Waals surface area contributed by atoms with Gasteiger partial charge in [0.1, 0.15) is 11.3 Å². The van der Waals surface area contributed by atoms with Crippen molar-refractivity contribution in [1.29, 1.82) is 0 Å². The molecule has 3 aromatic rings. The second kappa shape index (κ2) is 4.53. The summed E-state index contributed by atoms with van der Waals surface area (Å²) in [5.74, 6) is 2.02. The number of anilines is 1. The number of aryl methyl sites for hydroxylation is 1. The van der Waals surface area contributed by atoms with Gasteiger partial charge in [0, 0.05) is 13.1 Å². The summed E-state index contributed by atoms with van der Waals surface area (Å²) in [5, 5.41) is 0. The molecule has 4 nitrogen and oxygen atoms in total. The van der Waals surface area contributed by atoms with Crippen molar-refractivity contribution in [3.8, 4) is 0 Å². The summed E-state index contributed by atoms with van der Waals surface area (Å²) in [6.07, 6.45) is 1.92. The van der Waals surface area contributed by atoms with Crippen LogP contribution in [0, 0.1) is 6.92 Å². The van der Waals surface area contributed by atoms with Gasteiger partial charge in [-0.05, 0) is 32.9 Å². The van der Waals surface area contributed by atoms with Gasteiger partial charge in [-0.3, -0.25) is 4.40 Å². The molecule has 0 fully saturated rings. The second-order valence-electron chi connectivity index (χ2n) is 4.62. The number of hydrogen-bond donors (Lipinski definition) is 0. The van der Waals surface area contributed by atoms with Gasteiger partial charge < -0.3 is 4.90 Å². The normalized spacial score (nSPS) is 11.3. The Balaban J connectivity index is 2.43. The van der Waals surface area contributed by atoms with Gasteiger partial charge in [-0.25, -0.2) is 9.97 Å². The summed E-state index contributed by atoms with van der Waals surface area (Å²) in [5.41, 5.74) is 3.21. The Kier molecular flexibility index (Phi) is 2.85. The largest absolute Gasteiger partial charge is 0.355 e. The molecule has 0 saturated heterocycles. The molecule has 0 spiro atoms. The number of rotatable bonds is 3. The number of para-hydroxylation sites is 2. The zero-order valence-corrected chi connectivity index (χ0v) is 11.6. The minimum Gasteiger partial charge on any atom is -0.355 e. The van der Waals surface area contributed by atoms with Crippen molar-refractivity contribution in [2.24, 2.45) is 0 Å². The molecule has 0 saturated carbocycles. The topological polar surface area (TPSA) is 33.4 Å². The Labute approximate surface area is 112 Å². The molecule has 0 radical (unpaired) electrons. The lowest BCUT2D eigenvalue weighted by Crippen LogP contribution is -2.23. The number of aromatic nitrogens is 3. The van der Waals surface area contributed by atoms with Crippen molar-refractivity contribution in [3.63, 3.8) is 0 Å². The summed E-state index contributed by atoms with van der Waals surface area (Å²) in [6, 6.07) is 8.22. The van der Waals surface area contributed by atoms with Crippen molar-refractivity contribution < 1.29 is 0 Å². The van der Waals surface area contributed by atoms with E-state index in [1.54, 1.807) is 0 Å². The average Bonchev–Trinajstić information content (AvgIpc) is 2.83. The highest BCUT2D eigenvalue weighted by Gasteiger charge is 2.14. The Morgan fingerprint density at radius 1 is 1.11 bits per heavy atom. The maximum Gasteiger partial charge on any atom is 0.155 e. The highest BCUT2D eigenvalue weighted by Crippen LogP contribution is 2.25. The lowest BCUT2D eigenvalue weighted by molar-refractivity contribution is 0.850. The molecule has 0 bridgehead atoms. The van der Waals surface area contributed by atoms with Gasteiger partial charge in [0.05, 0.1) is 17.2 Å². The van der Waals surface area contributed by atoms with E-state index in [1.807, 2.05) is 25.3 Å². The third-order valence-corrected chi connectivity index (χ3v) is 3.58. The molecule has 98 valence electrons. The van der Waals surface area contributed by atoms with Gasteiger partial charge in [-0.2, -0.15) is 0 Å². The summed E-state index contributed by atoms with van der Waals surface area (Å²) in [4.78, 5) is 11.5. The van der Waals surface area contributed by atoms with E-state index in [-0.39, 0.29) is 0 Å². The Hall–Kier alpha value is -2.10. The van der Waals surface area contributed by atoms with Crippen LogP contribution >= 0.6 is 0 Å². The van der Waals surface area contributed by atoms with Crippen LogP contribution in [0.2, 0.25) is 0 Å². The molecule has 0 aliphatic carbocycles. The Morgan fingerprint density at radius 2 is 1.84 bits per heavy atom. The first kappa shape index (κ1) is 12.0. The van der Waals surface area contributed by atoms with Crippen LogP contribution in [0.15, 0.2) is 30.5 Å². The zero-order valence-electron chi connectivity index (χ0n) is 11.6. The number of benzene rings is 1. The van der Waals surface area contributed by atoms with E-state index in [2.05, 4.69) is 40.3 Å². The van der Waals surface area contributed by atoms with Gasteiger partial charge in [0.15, 0.2) is 5.82 Å². The molecular weight excluding hydrogens is 236 g/mol. The molecule has 1 aromatic carbocycles. The predicted molar refractivity (Wildman–Crippen MR) is 78.8 cm³/mol. The number of hydrogen-bond acceptors (Lipinski definition) is 3. The van der Waals surface area contributed by atoms with Crippen LogP contribution in [0.4, 0.5) is 5.82 Å². The van der Waals surface area contributed by atoms with Gasteiger partial charge >= 0.3 is 0 Å². The molecule has 0 amide bonds. The third-order valence-electron chi connectivity index (χ3n) is 3.58. The molecular formula is C15H18N4. The van der Waals surface area contributed by atoms with E-state index >= 15 is 0 Å². The maximum atomic E-state index is 4.82. The molecule has 0 aliphatic rings. The van der Waals surface area contributed by atoms with E-state index < -0.39 is 0 Å². The first-order chi connectivity index (χ1) is 9.26. The first-order valence-electron chi connectivity index (χ1n) is 6.74. The molecule has 19 heavy (non-hydrogen) atoms. The molecule has 0 atom stereocenters. The van der Waals surface area contributed by atoms with Crippen LogP contribution in [0.5, 0.6) is 0 Å². The standard InChI is InChI=1S/C15H18N4/c1-4-18(5-2)15-14-10-16-11(3)19(14)13-9-7-6-8-12(13)17-15/h6-10H,4-5H2,1-3H3. The minimum absolute atomic E-state index is 0.946. The van der Waals surface area contributed by atoms with Gasteiger partial charge in [0.25, 0.3) is 0 Å². The average molecular weight is 254 g/mol. The van der Waals surface area contributed by atoms with E-state index in [0.29, 0.717) is 0 Å². The van der Waals surface area contributed by atoms with Crippen LogP contribution in [0.1, 0.15) is 19.7 Å². The van der Waals surface area contributed by atoms with Crippen molar-refractivity contribution in [3.05, 3.63) is 36.3 Å². The van der Waals surface area contributed by atoms with Crippen molar-refractivity contribution >= 4 is 22.4 Å². The molecule has 3 rings (SSSR count). The smallest absolute Gasteiger partial charge is 0.155 e. The molecule has 2 aromatic heterocycles. The zero-order chi connectivity index (χ0) is 13.4. The van der Waals surface area contributed by atoms with E-state index in [9.17, 15) is 0 Å². The minimum atomic E-state index is 0.946. The number of fused-ring (bicyclic) bond motifs is 3. The second-order valence-corrected chi connectivity index (χ2v) is 4.62. The third kappa shape index (κ3) is 1.75. The fraction of sp³-hybridized carbons (Fsp3) is 0.333. The Bertz CT molecular complexity index is 725. The quantitative estimate of drug-likeness (QED) is 0.720. The van der Waals surface area contributed by atoms with Crippen molar-refractivity contribution in [2.45, 2.75) is 20.8 Å². The molecule has 0 unspecified atom stereocenters. The molecule has 0 aliphatic heterocycles. The van der Waals surface area contributed by atoms with E-state index in [1.165, 1.54) is 0 Å². The van der Waals surface area contributed by atoms with Gasteiger partial charge in [-0.15, -0.1) is 0 Å². The first-order valence-corrected chi connectivity index (χ1v) is 6.74. The van der Waals surface area contributed by atoms with Crippen molar-refractivity contribution in [1.82, 2.24) is 14.4 Å². The molecule has 4 heteroatoms. The fourth-order valence-corrected chi connectivity index (χ4v) is 2.58. The number of nitrogens with zero attached hydrogens (tertiary/aromatic N) is 4. The van der Waals surface area contributed by atoms with E-state index in [4.69, 9.17) is 4.98 Å². The summed E-state index contributed by atoms with van der Waals surface area (Å²) in [6.45, 7) is 8.23. The van der Waals surface area contributed by atoms with Crippen LogP contribution in [0.25, 0.3) is 16.6 Å². The summed E-state index contributed by atoms with van der Waals surface area (Å²) >= 11 is 0. The number of imidazole rings is 1. The van der Waals surface area contributed by atoms with Gasteiger partial charge in [-0.1, -0.05) is 12.1 Å². The lowest BCUT2D eigenvalue weighted by Gasteiger charge is -2.21. The summed E-state index contributed by atoms with van der Waals surface area (Å²) < 4.78 is 2.19. The van der Waals surface area contributed by atoms with Crippen LogP contribution in [-0.2, 0) is 0 Å². The highest BCUT2D eigenvalue weighted by molar-refractivity contribution is 5.84. The molecule has 2 heterocycles. The van der Waals surface area contributed by atoms with Crippen LogP contribution < -0.4 is 4.90 Å². The monoisotopic (exact) mass is 254 g/mol. The van der Waals surface area contributed by atoms with Gasteiger partial charge in [0.2, 0.25) is 0 Å². The molecule has 0 N–H and O–H groups in total. The Morgan fingerprint density at radius 3 is 2.58 bits per heavy atom. The summed E-state index contributed by atoms with van der Waals surface area (Å²) in [7, 11) is 0. The lowest BCUT2D eigenvalue weighted by atomic mass is 10.3.